The van der Waals surface area contributed by atoms with Crippen LogP contribution in [0.3, 0.4) is 0 Å². The first-order valence-corrected chi connectivity index (χ1v) is 8.63. The number of likely N-dealkylation sites (N-methyl/N-ethyl adjacent to an activating group) is 2. The van der Waals surface area contributed by atoms with Crippen LogP contribution in [0.2, 0.25) is 0 Å². The van der Waals surface area contributed by atoms with Crippen LogP contribution in [0.25, 0.3) is 0 Å². The topological polar surface area (TPSA) is 6.48 Å². The van der Waals surface area contributed by atoms with Crippen molar-refractivity contribution in [2.45, 2.75) is 45.2 Å². The van der Waals surface area contributed by atoms with Crippen LogP contribution in [0.5, 0.6) is 0 Å². The summed E-state index contributed by atoms with van der Waals surface area (Å²) >= 11 is 0. The summed E-state index contributed by atoms with van der Waals surface area (Å²) in [4.78, 5) is 4.70. The summed E-state index contributed by atoms with van der Waals surface area (Å²) in [5, 5.41) is 0. The van der Waals surface area contributed by atoms with Crippen molar-refractivity contribution in [2.24, 2.45) is 0 Å². The van der Waals surface area contributed by atoms with Crippen LogP contribution in [0.15, 0.2) is 48.5 Å². The van der Waals surface area contributed by atoms with Crippen molar-refractivity contribution in [3.63, 3.8) is 0 Å². The minimum absolute atomic E-state index is 0.641. The molecule has 0 aliphatic carbocycles. The zero-order chi connectivity index (χ0) is 16.6. The second-order valence-corrected chi connectivity index (χ2v) is 6.99. The van der Waals surface area contributed by atoms with Crippen LogP contribution in [-0.2, 0) is 6.42 Å². The molecule has 23 heavy (non-hydrogen) atoms. The van der Waals surface area contributed by atoms with E-state index in [0.717, 1.165) is 0 Å². The fourth-order valence-corrected chi connectivity index (χ4v) is 3.73. The minimum atomic E-state index is 0.641. The lowest BCUT2D eigenvalue weighted by molar-refractivity contribution is 0.626. The molecule has 2 heterocycles. The van der Waals surface area contributed by atoms with Crippen LogP contribution < -0.4 is 9.80 Å². The number of rotatable bonds is 0. The summed E-state index contributed by atoms with van der Waals surface area (Å²) in [5.74, 6) is 0.672. The number of hydrogen-bond donors (Lipinski definition) is 0. The maximum absolute atomic E-state index is 2.36. The smallest absolute Gasteiger partial charge is 0.0402 e. The van der Waals surface area contributed by atoms with Gasteiger partial charge < -0.3 is 9.80 Å². The molecule has 0 aromatic heterocycles. The van der Waals surface area contributed by atoms with E-state index < -0.39 is 0 Å². The van der Waals surface area contributed by atoms with Gasteiger partial charge in [0.25, 0.3) is 0 Å². The predicted molar refractivity (Wildman–Crippen MR) is 101 cm³/mol. The van der Waals surface area contributed by atoms with Gasteiger partial charge in [-0.2, -0.15) is 0 Å². The zero-order valence-electron chi connectivity index (χ0n) is 15.0. The molecule has 0 N–H and O–H groups in total. The molecule has 122 valence electrons. The normalized spacial score (nSPS) is 24.8. The van der Waals surface area contributed by atoms with Crippen LogP contribution in [0.1, 0.15) is 37.8 Å². The zero-order valence-corrected chi connectivity index (χ0v) is 15.0. The molecular weight excluding hydrogens is 280 g/mol. The van der Waals surface area contributed by atoms with Crippen molar-refractivity contribution in [1.29, 1.82) is 0 Å². The molecule has 0 amide bonds. The monoisotopic (exact) mass is 308 g/mol. The van der Waals surface area contributed by atoms with Gasteiger partial charge in [-0.3, -0.25) is 0 Å². The highest BCUT2D eigenvalue weighted by Gasteiger charge is 2.29. The van der Waals surface area contributed by atoms with Crippen LogP contribution in [0.4, 0.5) is 11.4 Å². The van der Waals surface area contributed by atoms with Crippen molar-refractivity contribution in [3.05, 3.63) is 59.7 Å². The van der Waals surface area contributed by atoms with E-state index in [-0.39, 0.29) is 0 Å². The molecule has 2 aromatic rings. The van der Waals surface area contributed by atoms with Gasteiger partial charge in [-0.05, 0) is 43.5 Å². The molecule has 0 saturated carbocycles. The summed E-state index contributed by atoms with van der Waals surface area (Å²) < 4.78 is 0. The predicted octanol–water partition coefficient (Wildman–Crippen LogP) is 4.70. The average molecular weight is 308 g/mol. The van der Waals surface area contributed by atoms with Crippen molar-refractivity contribution < 1.29 is 0 Å². The second-order valence-electron chi connectivity index (χ2n) is 6.99. The van der Waals surface area contributed by atoms with E-state index in [9.17, 15) is 0 Å². The standard InChI is InChI=1S/C11H15N.C10H13N/c1-8-9(2)12(3)11-7-5-4-6-10(8)11;1-8-7-9-5-3-4-6-10(9)11(8)2/h4-9H,1-3H3;3-6,8H,7H2,1-2H3. The second kappa shape index (κ2) is 6.27. The third-order valence-electron chi connectivity index (χ3n) is 5.69. The molecule has 2 aliphatic heterocycles. The molecule has 2 heteroatoms. The van der Waals surface area contributed by atoms with Gasteiger partial charge in [0.05, 0.1) is 0 Å². The van der Waals surface area contributed by atoms with Crippen LogP contribution in [-0.4, -0.2) is 26.2 Å². The number of anilines is 2. The van der Waals surface area contributed by atoms with Gasteiger partial charge in [-0.1, -0.05) is 43.3 Å². The quantitative estimate of drug-likeness (QED) is 0.696. The number of fused-ring (bicyclic) bond motifs is 2. The largest absolute Gasteiger partial charge is 0.371 e. The average Bonchev–Trinajstić information content (AvgIpc) is 2.99. The molecule has 2 aromatic carbocycles. The number of para-hydroxylation sites is 2. The number of nitrogens with zero attached hydrogens (tertiary/aromatic N) is 2. The van der Waals surface area contributed by atoms with Crippen LogP contribution in [0, 0.1) is 0 Å². The number of benzene rings is 2. The Bertz CT molecular complexity index is 650. The van der Waals surface area contributed by atoms with Crippen molar-refractivity contribution >= 4 is 11.4 Å². The molecule has 0 fully saturated rings. The van der Waals surface area contributed by atoms with Gasteiger partial charge in [-0.25, -0.2) is 0 Å². The molecule has 0 spiro atoms. The summed E-state index contributed by atoms with van der Waals surface area (Å²) in [6.07, 6.45) is 1.20. The van der Waals surface area contributed by atoms with E-state index in [4.69, 9.17) is 0 Å². The van der Waals surface area contributed by atoms with Gasteiger partial charge in [0.1, 0.15) is 0 Å². The van der Waals surface area contributed by atoms with Gasteiger partial charge in [0, 0.05) is 43.5 Å². The van der Waals surface area contributed by atoms with Gasteiger partial charge in [-0.15, -0.1) is 0 Å². The first-order chi connectivity index (χ1) is 11.0. The highest BCUT2D eigenvalue weighted by molar-refractivity contribution is 5.60. The SMILES string of the molecule is CC1Cc2ccccc2N1C.CC1c2ccccc2N(C)C1C. The van der Waals surface area contributed by atoms with E-state index >= 15 is 0 Å². The van der Waals surface area contributed by atoms with Gasteiger partial charge >= 0.3 is 0 Å². The Hall–Kier alpha value is -1.96. The Morgan fingerprint density at radius 3 is 2.04 bits per heavy atom. The van der Waals surface area contributed by atoms with Crippen molar-refractivity contribution in [2.75, 3.05) is 23.9 Å². The van der Waals surface area contributed by atoms with E-state index in [2.05, 4.69) is 93.2 Å². The fourth-order valence-electron chi connectivity index (χ4n) is 3.73. The van der Waals surface area contributed by atoms with Crippen molar-refractivity contribution in [1.82, 2.24) is 0 Å². The Kier molecular flexibility index (Phi) is 4.34. The summed E-state index contributed by atoms with van der Waals surface area (Å²) in [7, 11) is 4.34. The van der Waals surface area contributed by atoms with E-state index in [1.54, 1.807) is 0 Å². The first-order valence-electron chi connectivity index (χ1n) is 8.63. The Morgan fingerprint density at radius 1 is 0.783 bits per heavy atom. The molecule has 2 nitrogen and oxygen atoms in total. The Labute approximate surface area is 140 Å². The van der Waals surface area contributed by atoms with Gasteiger partial charge in [0.2, 0.25) is 0 Å². The molecular formula is C21H28N2. The lowest BCUT2D eigenvalue weighted by atomic mass is 9.99. The molecule has 2 aliphatic rings. The third-order valence-corrected chi connectivity index (χ3v) is 5.69. The summed E-state index contributed by atoms with van der Waals surface area (Å²) in [6, 6.07) is 18.6. The lowest BCUT2D eigenvalue weighted by Gasteiger charge is -2.20. The highest BCUT2D eigenvalue weighted by Crippen LogP contribution is 2.38. The van der Waals surface area contributed by atoms with E-state index in [1.807, 2.05) is 0 Å². The summed E-state index contributed by atoms with van der Waals surface area (Å²) in [5.41, 5.74) is 5.78. The van der Waals surface area contributed by atoms with Crippen LogP contribution >= 0.6 is 0 Å². The molecule has 3 atom stereocenters. The fraction of sp³-hybridized carbons (Fsp3) is 0.429. The number of hydrogen-bond acceptors (Lipinski definition) is 2. The molecule has 0 bridgehead atoms. The molecule has 0 radical (unpaired) electrons. The highest BCUT2D eigenvalue weighted by atomic mass is 15.2. The van der Waals surface area contributed by atoms with E-state index in [1.165, 1.54) is 28.9 Å². The molecule has 4 rings (SSSR count). The Morgan fingerprint density at radius 2 is 1.39 bits per heavy atom. The maximum atomic E-state index is 2.36. The molecule has 0 saturated heterocycles. The van der Waals surface area contributed by atoms with Crippen molar-refractivity contribution in [3.8, 4) is 0 Å². The first kappa shape index (κ1) is 15.9. The minimum Gasteiger partial charge on any atom is -0.371 e. The van der Waals surface area contributed by atoms with E-state index in [0.29, 0.717) is 18.0 Å². The van der Waals surface area contributed by atoms with Gasteiger partial charge in [0.15, 0.2) is 0 Å². The maximum Gasteiger partial charge on any atom is 0.0402 e. The Balaban J connectivity index is 0.000000136. The lowest BCUT2D eigenvalue weighted by Crippen LogP contribution is -2.25. The summed E-state index contributed by atoms with van der Waals surface area (Å²) in [6.45, 7) is 6.84. The molecule has 3 unspecified atom stereocenters. The third kappa shape index (κ3) is 2.83.